The summed E-state index contributed by atoms with van der Waals surface area (Å²) in [6.45, 7) is 16.4. The molecule has 1 aliphatic carbocycles. The third-order valence-electron chi connectivity index (χ3n) is 7.35. The molecule has 0 bridgehead atoms. The normalized spacial score (nSPS) is 26.1. The van der Waals surface area contributed by atoms with Gasteiger partial charge in [0.25, 0.3) is 0 Å². The van der Waals surface area contributed by atoms with E-state index in [1.807, 2.05) is 39.1 Å². The van der Waals surface area contributed by atoms with Crippen LogP contribution >= 0.6 is 11.6 Å². The Bertz CT molecular complexity index is 1070. The van der Waals surface area contributed by atoms with E-state index in [0.717, 1.165) is 53.8 Å². The summed E-state index contributed by atoms with van der Waals surface area (Å²) >= 11 is 5.36. The summed E-state index contributed by atoms with van der Waals surface area (Å²) in [5, 5.41) is 0. The number of hydrogen-bond donors (Lipinski definition) is 2. The number of nitrogens with two attached hydrogens (primary N) is 1. The van der Waals surface area contributed by atoms with Gasteiger partial charge in [0.1, 0.15) is 11.7 Å². The molecule has 1 aromatic rings. The molecule has 0 spiro atoms. The van der Waals surface area contributed by atoms with Crippen molar-refractivity contribution in [2.24, 2.45) is 11.7 Å². The van der Waals surface area contributed by atoms with Crippen molar-refractivity contribution < 1.29 is 59.3 Å². The van der Waals surface area contributed by atoms with Crippen LogP contribution in [-0.4, -0.2) is 65.6 Å². The molecule has 2 atom stereocenters. The Morgan fingerprint density at radius 1 is 1.24 bits per heavy atom. The van der Waals surface area contributed by atoms with E-state index in [9.17, 15) is 4.79 Å². The fourth-order valence-corrected chi connectivity index (χ4v) is 6.44. The summed E-state index contributed by atoms with van der Waals surface area (Å²) < 4.78 is 21.6. The van der Waals surface area contributed by atoms with Crippen molar-refractivity contribution in [3.8, 4) is 5.88 Å². The largest absolute Gasteiger partial charge is 1.00 e. The van der Waals surface area contributed by atoms with Crippen molar-refractivity contribution >= 4 is 23.4 Å². The zero-order valence-electron chi connectivity index (χ0n) is 25.3. The molecule has 42 heavy (non-hydrogen) atoms. The Morgan fingerprint density at radius 2 is 1.95 bits per heavy atom. The Hall–Kier alpha value is -1.32. The smallest absolute Gasteiger partial charge is 0.474 e. The van der Waals surface area contributed by atoms with E-state index in [0.29, 0.717) is 30.7 Å². The summed E-state index contributed by atoms with van der Waals surface area (Å²) in [6, 6.07) is 4.34. The molecule has 3 fully saturated rings. The van der Waals surface area contributed by atoms with Gasteiger partial charge in [-0.3, -0.25) is 0 Å². The molecule has 4 heterocycles. The zero-order chi connectivity index (χ0) is 29.6. The maximum Gasteiger partial charge on any atom is 1.00 e. The van der Waals surface area contributed by atoms with Crippen molar-refractivity contribution in [2.75, 3.05) is 24.5 Å². The van der Waals surface area contributed by atoms with Crippen LogP contribution in [0.2, 0.25) is 0 Å². The van der Waals surface area contributed by atoms with Gasteiger partial charge in [0.2, 0.25) is 5.88 Å². The van der Waals surface area contributed by atoms with E-state index in [-0.39, 0.29) is 70.8 Å². The Morgan fingerprint density at radius 3 is 2.52 bits per heavy atom. The molecule has 12 heteroatoms. The fourth-order valence-electron chi connectivity index (χ4n) is 5.13. The maximum absolute atomic E-state index is 12.2. The van der Waals surface area contributed by atoms with Crippen LogP contribution in [0.15, 0.2) is 33.3 Å². The molecular formula is C30H43ClILiN5O4-3. The standard InChI is InChI=1S/C26H39N3O4.C4H4ClIN2.Li/c1-6-19-13-18(2)29(17-19)20-7-10-27-24(14-20)32-23-15-22(16-23)31-21-8-11-28(12-9-21)25(30)33-26(3,4)5;5-3-1-2-4(7)8-6-3;/h7,10,14,18-19,21-23H,1-2,6,8-9,11-13,15-17H2,3-5H3;1,8H,7H2;/q2*-2;+1. The van der Waals surface area contributed by atoms with E-state index in [2.05, 4.69) is 33.3 Å². The molecule has 5 rings (SSSR count). The molecule has 2 unspecified atom stereocenters. The maximum atomic E-state index is 12.2. The van der Waals surface area contributed by atoms with Gasteiger partial charge in [0.05, 0.1) is 12.2 Å². The second-order valence-corrected chi connectivity index (χ2v) is 15.2. The summed E-state index contributed by atoms with van der Waals surface area (Å²) in [4.78, 5) is 20.7. The van der Waals surface area contributed by atoms with Crippen molar-refractivity contribution in [1.82, 2.24) is 13.4 Å². The molecule has 3 aliphatic heterocycles. The SMILES string of the molecule is NC1=[C-]C=C(Cl)[I-]N1.[CH2-]CC1CC([CH2-])N(c2ccnc(OC3CC(OC4CCN(C(=O)OC(C)(C)C)CC4)C3)c2)C1.[Li+]. The summed E-state index contributed by atoms with van der Waals surface area (Å²) in [6.07, 6.45) is 12.1. The number of amides is 1. The first kappa shape index (κ1) is 35.2. The summed E-state index contributed by atoms with van der Waals surface area (Å²) in [7, 11) is 0. The predicted octanol–water partition coefficient (Wildman–Crippen LogP) is -1.06. The predicted molar refractivity (Wildman–Crippen MR) is 156 cm³/mol. The van der Waals surface area contributed by atoms with Gasteiger partial charge in [-0.1, -0.05) is 18.4 Å². The number of pyridine rings is 1. The van der Waals surface area contributed by atoms with Crippen LogP contribution in [0.25, 0.3) is 0 Å². The van der Waals surface area contributed by atoms with Gasteiger partial charge in [0.15, 0.2) is 0 Å². The van der Waals surface area contributed by atoms with Gasteiger partial charge in [-0.25, -0.2) is 9.78 Å². The first-order chi connectivity index (χ1) is 19.5. The molecule has 3 N–H and O–H groups in total. The quantitative estimate of drug-likeness (QED) is 0.167. The van der Waals surface area contributed by atoms with Gasteiger partial charge in [-0.15, -0.1) is 0 Å². The van der Waals surface area contributed by atoms with Crippen LogP contribution in [0.4, 0.5) is 10.5 Å². The number of piperidine rings is 1. The van der Waals surface area contributed by atoms with E-state index in [1.54, 1.807) is 11.0 Å². The number of carbonyl (C=O) groups is 1. The molecule has 0 aromatic carbocycles. The van der Waals surface area contributed by atoms with Gasteiger partial charge in [-0.2, -0.15) is 6.42 Å². The Labute approximate surface area is 279 Å². The van der Waals surface area contributed by atoms with Crippen molar-refractivity contribution in [1.29, 1.82) is 0 Å². The number of ether oxygens (including phenoxy) is 3. The number of aromatic nitrogens is 1. The van der Waals surface area contributed by atoms with Crippen LogP contribution in [0.1, 0.15) is 59.3 Å². The third-order valence-corrected chi connectivity index (χ3v) is 9.62. The van der Waals surface area contributed by atoms with Crippen LogP contribution in [0, 0.1) is 25.8 Å². The van der Waals surface area contributed by atoms with E-state index in [1.165, 1.54) is 0 Å². The monoisotopic (exact) mass is 706 g/mol. The van der Waals surface area contributed by atoms with Crippen molar-refractivity contribution in [3.05, 3.63) is 53.2 Å². The van der Waals surface area contributed by atoms with Gasteiger partial charge in [-0.05, 0) is 39.7 Å². The number of allylic oxidation sites excluding steroid dienone is 2. The molecule has 1 aromatic heterocycles. The Kier molecular flexibility index (Phi) is 13.5. The second-order valence-electron chi connectivity index (χ2n) is 11.9. The van der Waals surface area contributed by atoms with Crippen LogP contribution < -0.4 is 59.2 Å². The van der Waals surface area contributed by atoms with Gasteiger partial charge in [0, 0.05) is 50.4 Å². The molecule has 1 amide bonds. The van der Waals surface area contributed by atoms with Crippen molar-refractivity contribution in [2.45, 2.75) is 89.3 Å². The van der Waals surface area contributed by atoms with E-state index < -0.39 is 5.60 Å². The third kappa shape index (κ3) is 10.7. The first-order valence-corrected chi connectivity index (χ1v) is 16.8. The van der Waals surface area contributed by atoms with E-state index >= 15 is 0 Å². The number of halogens is 2. The average Bonchev–Trinajstić information content (AvgIpc) is 3.30. The van der Waals surface area contributed by atoms with E-state index in [4.69, 9.17) is 31.5 Å². The Balaban J connectivity index is 0.000000466. The molecule has 230 valence electrons. The molecule has 4 aliphatic rings. The van der Waals surface area contributed by atoms with Crippen LogP contribution in [-0.2, 0) is 9.47 Å². The van der Waals surface area contributed by atoms with Crippen LogP contribution in [0.3, 0.4) is 0 Å². The average molecular weight is 707 g/mol. The number of likely N-dealkylation sites (tertiary alicyclic amines) is 1. The van der Waals surface area contributed by atoms with Crippen LogP contribution in [0.5, 0.6) is 5.88 Å². The number of hydrogen-bond acceptors (Lipinski definition) is 8. The number of nitrogens with zero attached hydrogens (tertiary/aromatic N) is 3. The zero-order valence-corrected chi connectivity index (χ0v) is 28.2. The summed E-state index contributed by atoms with van der Waals surface area (Å²) in [5.74, 6) is 1.87. The topological polar surface area (TPSA) is 102 Å². The molecule has 1 saturated carbocycles. The fraction of sp³-hybridized carbons (Fsp3) is 0.600. The first-order valence-electron chi connectivity index (χ1n) is 14.3. The van der Waals surface area contributed by atoms with Gasteiger partial charge >= 0.3 is 88.3 Å². The summed E-state index contributed by atoms with van der Waals surface area (Å²) in [5.41, 5.74) is 5.98. The number of nitrogens with one attached hydrogen (secondary N) is 1. The minimum Gasteiger partial charge on any atom is -0.474 e. The number of carbonyl (C=O) groups excluding carboxylic acids is 1. The minimum atomic E-state index is -0.460. The molecule has 9 nitrogen and oxygen atoms in total. The minimum absolute atomic E-state index is 0. The van der Waals surface area contributed by atoms with Gasteiger partial charge < -0.3 is 37.9 Å². The molecular weight excluding hydrogens is 664 g/mol. The molecule has 0 radical (unpaired) electrons. The van der Waals surface area contributed by atoms with Crippen molar-refractivity contribution in [3.63, 3.8) is 0 Å². The molecule has 2 saturated heterocycles. The second kappa shape index (κ2) is 16.1. The number of anilines is 1. The number of rotatable bonds is 6.